The number of aromatic nitrogens is 2. The van der Waals surface area contributed by atoms with E-state index < -0.39 is 57.7 Å². The summed E-state index contributed by atoms with van der Waals surface area (Å²) < 4.78 is 55.7. The zero-order valence-electron chi connectivity index (χ0n) is 27.3. The molecule has 3 aliphatic rings. The number of carbonyl (C=O) groups is 2. The van der Waals surface area contributed by atoms with Gasteiger partial charge >= 0.3 is 24.1 Å². The molecule has 4 heterocycles. The first-order chi connectivity index (χ1) is 22.5. The van der Waals surface area contributed by atoms with Crippen molar-refractivity contribution in [1.29, 1.82) is 0 Å². The topological polar surface area (TPSA) is 97.2 Å². The standard InChI is InChI=1S/C33H37ClF3N5O5S/c1-19-12-39(13-20(2)42(19)30(45)47-31(3,4)5)27-22-11-23(33(35,36)37)24(34)26-25(22)41(28(43)38-27)17-32(18-48-26)15-40(16-32)29(44)46-14-21-9-7-6-8-10-21/h6-11,19-20H,12-18H2,1-5H3/t19-,20+. The Bertz CT molecular complexity index is 1800. The lowest BCUT2D eigenvalue weighted by Crippen LogP contribution is -2.62. The molecular weight excluding hydrogens is 671 g/mol. The first-order valence-electron chi connectivity index (χ1n) is 15.7. The van der Waals surface area contributed by atoms with Gasteiger partial charge in [0.2, 0.25) is 0 Å². The van der Waals surface area contributed by atoms with Crippen LogP contribution in [-0.4, -0.2) is 81.2 Å². The fourth-order valence-electron chi connectivity index (χ4n) is 6.77. The van der Waals surface area contributed by atoms with Crippen molar-refractivity contribution in [2.24, 2.45) is 5.41 Å². The van der Waals surface area contributed by atoms with E-state index in [4.69, 9.17) is 21.1 Å². The summed E-state index contributed by atoms with van der Waals surface area (Å²) in [6.07, 6.45) is -5.76. The van der Waals surface area contributed by atoms with E-state index in [1.807, 2.05) is 44.2 Å². The third kappa shape index (κ3) is 6.52. The second kappa shape index (κ2) is 12.3. The largest absolute Gasteiger partial charge is 0.445 e. The number of nitrogens with zero attached hydrogens (tertiary/aromatic N) is 5. The molecule has 2 saturated heterocycles. The number of thioether (sulfide) groups is 1. The van der Waals surface area contributed by atoms with Crippen molar-refractivity contribution >= 4 is 52.3 Å². The molecule has 1 aromatic heterocycles. The molecule has 3 aromatic rings. The summed E-state index contributed by atoms with van der Waals surface area (Å²) in [5, 5.41) is -0.327. The molecule has 15 heteroatoms. The van der Waals surface area contributed by atoms with E-state index in [-0.39, 0.29) is 60.9 Å². The molecule has 258 valence electrons. The van der Waals surface area contributed by atoms with Crippen LogP contribution in [0.15, 0.2) is 46.1 Å². The van der Waals surface area contributed by atoms with E-state index in [9.17, 15) is 27.6 Å². The molecule has 3 aliphatic heterocycles. The molecule has 10 nitrogen and oxygen atoms in total. The number of benzene rings is 2. The molecule has 2 amide bonds. The molecule has 0 radical (unpaired) electrons. The number of alkyl halides is 3. The first kappa shape index (κ1) is 34.2. The van der Waals surface area contributed by atoms with Crippen LogP contribution < -0.4 is 10.6 Å². The highest BCUT2D eigenvalue weighted by Crippen LogP contribution is 2.50. The van der Waals surface area contributed by atoms with Crippen molar-refractivity contribution in [1.82, 2.24) is 19.4 Å². The van der Waals surface area contributed by atoms with Gasteiger partial charge in [0, 0.05) is 49.3 Å². The highest BCUT2D eigenvalue weighted by Gasteiger charge is 2.49. The molecule has 0 saturated carbocycles. The number of hydrogen-bond donors (Lipinski definition) is 0. The predicted molar refractivity (Wildman–Crippen MR) is 177 cm³/mol. The lowest BCUT2D eigenvalue weighted by Gasteiger charge is -2.48. The van der Waals surface area contributed by atoms with Crippen LogP contribution >= 0.6 is 23.4 Å². The Kier molecular flexibility index (Phi) is 8.80. The second-order valence-corrected chi connectivity index (χ2v) is 15.3. The van der Waals surface area contributed by atoms with Crippen molar-refractivity contribution < 1.29 is 32.2 Å². The van der Waals surface area contributed by atoms with Gasteiger partial charge in [0.25, 0.3) is 0 Å². The quantitative estimate of drug-likeness (QED) is 0.299. The number of likely N-dealkylation sites (tertiary alicyclic amines) is 1. The lowest BCUT2D eigenvalue weighted by atomic mass is 9.81. The van der Waals surface area contributed by atoms with Gasteiger partial charge in [-0.05, 0) is 46.2 Å². The smallest absolute Gasteiger partial charge is 0.417 e. The van der Waals surface area contributed by atoms with Crippen LogP contribution in [0.3, 0.4) is 0 Å². The summed E-state index contributed by atoms with van der Waals surface area (Å²) in [4.78, 5) is 49.1. The number of ether oxygens (including phenoxy) is 2. The van der Waals surface area contributed by atoms with Crippen molar-refractivity contribution in [2.45, 2.75) is 76.5 Å². The van der Waals surface area contributed by atoms with Gasteiger partial charge < -0.3 is 19.3 Å². The molecular formula is C33H37ClF3N5O5S. The minimum absolute atomic E-state index is 0.105. The molecule has 0 N–H and O–H groups in total. The van der Waals surface area contributed by atoms with Crippen molar-refractivity contribution in [3.05, 3.63) is 63.0 Å². The fourth-order valence-corrected chi connectivity index (χ4v) is 8.50. The maximum atomic E-state index is 14.4. The number of piperazine rings is 1. The summed E-state index contributed by atoms with van der Waals surface area (Å²) >= 11 is 7.65. The normalized spacial score (nSPS) is 20.8. The van der Waals surface area contributed by atoms with Gasteiger partial charge in [0.05, 0.1) is 33.1 Å². The van der Waals surface area contributed by atoms with Gasteiger partial charge in [0.1, 0.15) is 18.0 Å². The Labute approximate surface area is 285 Å². The molecule has 2 aromatic carbocycles. The molecule has 1 spiro atoms. The lowest BCUT2D eigenvalue weighted by molar-refractivity contribution is -0.137. The van der Waals surface area contributed by atoms with Gasteiger partial charge in [-0.25, -0.2) is 14.4 Å². The number of hydrogen-bond acceptors (Lipinski definition) is 8. The van der Waals surface area contributed by atoms with E-state index in [1.165, 1.54) is 9.47 Å². The third-order valence-electron chi connectivity index (χ3n) is 8.80. The molecule has 0 bridgehead atoms. The monoisotopic (exact) mass is 707 g/mol. The average molecular weight is 708 g/mol. The van der Waals surface area contributed by atoms with Crippen LogP contribution in [0.25, 0.3) is 10.9 Å². The van der Waals surface area contributed by atoms with Crippen molar-refractivity contribution in [3.8, 4) is 0 Å². The van der Waals surface area contributed by atoms with E-state index >= 15 is 0 Å². The molecule has 2 fully saturated rings. The van der Waals surface area contributed by atoms with E-state index in [1.54, 1.807) is 30.6 Å². The second-order valence-electron chi connectivity index (χ2n) is 13.9. The Hall–Kier alpha value is -3.65. The van der Waals surface area contributed by atoms with Crippen molar-refractivity contribution in [2.75, 3.05) is 36.8 Å². The number of halogens is 4. The first-order valence-corrected chi connectivity index (χ1v) is 17.0. The van der Waals surface area contributed by atoms with Crippen LogP contribution in [0.4, 0.5) is 28.6 Å². The zero-order chi connectivity index (χ0) is 34.8. The Balaban J connectivity index is 1.32. The van der Waals surface area contributed by atoms with E-state index in [0.717, 1.165) is 23.4 Å². The zero-order valence-corrected chi connectivity index (χ0v) is 28.8. The summed E-state index contributed by atoms with van der Waals surface area (Å²) in [5.74, 6) is 0.429. The summed E-state index contributed by atoms with van der Waals surface area (Å²) in [6, 6.07) is 9.44. The molecule has 6 rings (SSSR count). The number of anilines is 1. The Morgan fingerprint density at radius 1 is 1.04 bits per heavy atom. The summed E-state index contributed by atoms with van der Waals surface area (Å²) in [5.41, 5.74) is -1.84. The molecule has 48 heavy (non-hydrogen) atoms. The summed E-state index contributed by atoms with van der Waals surface area (Å²) in [6.45, 7) is 10.1. The van der Waals surface area contributed by atoms with E-state index in [0.29, 0.717) is 5.75 Å². The minimum Gasteiger partial charge on any atom is -0.445 e. The molecule has 2 atom stereocenters. The molecule has 0 aliphatic carbocycles. The van der Waals surface area contributed by atoms with Crippen LogP contribution in [0.1, 0.15) is 45.7 Å². The highest BCUT2D eigenvalue weighted by atomic mass is 35.5. The Morgan fingerprint density at radius 2 is 1.69 bits per heavy atom. The van der Waals surface area contributed by atoms with Crippen LogP contribution in [0.5, 0.6) is 0 Å². The Morgan fingerprint density at radius 3 is 2.29 bits per heavy atom. The van der Waals surface area contributed by atoms with Crippen LogP contribution in [0.2, 0.25) is 5.02 Å². The maximum absolute atomic E-state index is 14.4. The van der Waals surface area contributed by atoms with Crippen LogP contribution in [-0.2, 0) is 28.8 Å². The third-order valence-corrected chi connectivity index (χ3v) is 10.7. The van der Waals surface area contributed by atoms with E-state index in [2.05, 4.69) is 4.98 Å². The highest BCUT2D eigenvalue weighted by molar-refractivity contribution is 7.99. The maximum Gasteiger partial charge on any atom is 0.417 e. The number of rotatable bonds is 3. The number of carbonyl (C=O) groups excluding carboxylic acids is 2. The predicted octanol–water partition coefficient (Wildman–Crippen LogP) is 6.65. The number of amides is 2. The summed E-state index contributed by atoms with van der Waals surface area (Å²) in [7, 11) is 0. The van der Waals surface area contributed by atoms with Gasteiger partial charge in [0.15, 0.2) is 0 Å². The minimum atomic E-state index is -4.77. The van der Waals surface area contributed by atoms with Gasteiger partial charge in [-0.3, -0.25) is 9.47 Å². The van der Waals surface area contributed by atoms with Gasteiger partial charge in [-0.15, -0.1) is 11.8 Å². The van der Waals surface area contributed by atoms with Gasteiger partial charge in [-0.1, -0.05) is 41.9 Å². The average Bonchev–Trinajstić information content (AvgIpc) is 3.16. The van der Waals surface area contributed by atoms with Crippen LogP contribution in [0, 0.1) is 5.41 Å². The fraction of sp³-hybridized carbons (Fsp3) is 0.515. The van der Waals surface area contributed by atoms with Gasteiger partial charge in [-0.2, -0.15) is 18.2 Å². The SMILES string of the molecule is C[C@@H]1CN(c2nc(=O)n3c4c(c(Cl)c(C(F)(F)F)cc24)SCC2(CN(C(=O)OCc4ccccc4)C2)C3)C[C@H](C)N1C(=O)OC(C)(C)C. The van der Waals surface area contributed by atoms with Crippen molar-refractivity contribution in [3.63, 3.8) is 0 Å². The molecule has 0 unspecified atom stereocenters.